The Hall–Kier alpha value is -1.19. The molecule has 0 saturated heterocycles. The van der Waals surface area contributed by atoms with Crippen LogP contribution in [0.25, 0.3) is 0 Å². The first-order valence-corrected chi connectivity index (χ1v) is 3.94. The largest absolute Gasteiger partial charge is 0.508 e. The Balaban J connectivity index is 0.00000169. The second kappa shape index (κ2) is 5.52. The lowest BCUT2D eigenvalue weighted by atomic mass is 10.1. The molecule has 0 radical (unpaired) electrons. The summed E-state index contributed by atoms with van der Waals surface area (Å²) in [6, 6.07) is 4.56. The van der Waals surface area contributed by atoms with Crippen molar-refractivity contribution in [3.63, 3.8) is 0 Å². The molecule has 0 spiro atoms. The van der Waals surface area contributed by atoms with E-state index in [1.165, 1.54) is 0 Å². The molecule has 0 aliphatic rings. The first-order valence-electron chi connectivity index (χ1n) is 3.94. The van der Waals surface area contributed by atoms with Gasteiger partial charge in [0.05, 0.1) is 13.2 Å². The average Bonchev–Trinajstić information content (AvgIpc) is 2.17. The molecule has 0 fully saturated rings. The zero-order valence-electron chi connectivity index (χ0n) is 7.93. The van der Waals surface area contributed by atoms with E-state index in [1.807, 2.05) is 0 Å². The predicted octanol–water partition coefficient (Wildman–Crippen LogP) is 2.01. The summed E-state index contributed by atoms with van der Waals surface area (Å²) >= 11 is 0. The summed E-state index contributed by atoms with van der Waals surface area (Å²) in [6.45, 7) is 3.56. The highest BCUT2D eigenvalue weighted by Gasteiger charge is 2.08. The van der Waals surface area contributed by atoms with Crippen LogP contribution in [0.4, 0.5) is 0 Å². The number of benzene rings is 1. The Bertz CT molecular complexity index is 315. The number of hydrogen-bond acceptors (Lipinski definition) is 3. The Morgan fingerprint density at radius 2 is 2.21 bits per heavy atom. The fraction of sp³-hybridized carbons (Fsp3) is 0.200. The van der Waals surface area contributed by atoms with Crippen molar-refractivity contribution in [3.05, 3.63) is 36.4 Å². The molecule has 0 aliphatic heterocycles. The first kappa shape index (κ1) is 12.8. The third-order valence-corrected chi connectivity index (χ3v) is 1.85. The number of methoxy groups -OCH3 is 1. The highest BCUT2D eigenvalue weighted by atomic mass is 35.5. The number of halogens is 1. The summed E-state index contributed by atoms with van der Waals surface area (Å²) in [5, 5.41) is 9.45. The Labute approximate surface area is 89.6 Å². The number of nitrogens with two attached hydrogens (primary N) is 1. The maximum atomic E-state index is 9.45. The van der Waals surface area contributed by atoms with Gasteiger partial charge in [0.2, 0.25) is 0 Å². The number of ether oxygens (including phenoxy) is 1. The smallest absolute Gasteiger partial charge is 0.120 e. The molecule has 0 saturated carbocycles. The van der Waals surface area contributed by atoms with Crippen LogP contribution >= 0.6 is 12.4 Å². The summed E-state index contributed by atoms with van der Waals surface area (Å²) in [4.78, 5) is 0. The zero-order chi connectivity index (χ0) is 9.84. The van der Waals surface area contributed by atoms with Gasteiger partial charge in [0.25, 0.3) is 0 Å². The van der Waals surface area contributed by atoms with Crippen molar-refractivity contribution in [3.8, 4) is 11.5 Å². The van der Waals surface area contributed by atoms with Gasteiger partial charge in [0.15, 0.2) is 0 Å². The molecule has 1 rings (SSSR count). The molecule has 0 aliphatic carbocycles. The van der Waals surface area contributed by atoms with Crippen LogP contribution < -0.4 is 10.5 Å². The van der Waals surface area contributed by atoms with E-state index in [9.17, 15) is 5.11 Å². The summed E-state index contributed by atoms with van der Waals surface area (Å²) in [5.41, 5.74) is 6.30. The van der Waals surface area contributed by atoms with Gasteiger partial charge in [-0.05, 0) is 18.2 Å². The standard InChI is InChI=1S/C10H13NO2.ClH/c1-3-9(11)8-6-7(13-2)4-5-10(8)12;/h3-6,9,12H,1,11H2,2H3;1H/t9-;/m0./s1. The molecule has 0 amide bonds. The lowest BCUT2D eigenvalue weighted by Gasteiger charge is -2.10. The van der Waals surface area contributed by atoms with Crippen molar-refractivity contribution in [1.82, 2.24) is 0 Å². The van der Waals surface area contributed by atoms with Gasteiger partial charge in [0, 0.05) is 5.56 Å². The van der Waals surface area contributed by atoms with Gasteiger partial charge in [-0.1, -0.05) is 6.08 Å². The Kier molecular flexibility index (Phi) is 5.05. The maximum Gasteiger partial charge on any atom is 0.120 e. The van der Waals surface area contributed by atoms with Gasteiger partial charge in [-0.3, -0.25) is 0 Å². The summed E-state index contributed by atoms with van der Waals surface area (Å²) in [7, 11) is 1.57. The van der Waals surface area contributed by atoms with Crippen LogP contribution in [0.1, 0.15) is 11.6 Å². The molecule has 0 heterocycles. The quantitative estimate of drug-likeness (QED) is 0.759. The van der Waals surface area contributed by atoms with E-state index < -0.39 is 0 Å². The molecule has 0 bridgehead atoms. The minimum Gasteiger partial charge on any atom is -0.508 e. The topological polar surface area (TPSA) is 55.5 Å². The molecular formula is C10H14ClNO2. The van der Waals surface area contributed by atoms with Crippen LogP contribution in [0.15, 0.2) is 30.9 Å². The van der Waals surface area contributed by atoms with Crippen LogP contribution in [0.3, 0.4) is 0 Å². The van der Waals surface area contributed by atoms with E-state index in [0.717, 1.165) is 0 Å². The summed E-state index contributed by atoms with van der Waals surface area (Å²) in [6.07, 6.45) is 1.56. The van der Waals surface area contributed by atoms with Crippen LogP contribution in [-0.2, 0) is 0 Å². The van der Waals surface area contributed by atoms with E-state index in [4.69, 9.17) is 10.5 Å². The van der Waals surface area contributed by atoms with Gasteiger partial charge < -0.3 is 15.6 Å². The van der Waals surface area contributed by atoms with Crippen molar-refractivity contribution in [2.45, 2.75) is 6.04 Å². The van der Waals surface area contributed by atoms with Crippen LogP contribution in [0.2, 0.25) is 0 Å². The van der Waals surface area contributed by atoms with Crippen molar-refractivity contribution < 1.29 is 9.84 Å². The minimum absolute atomic E-state index is 0. The monoisotopic (exact) mass is 215 g/mol. The number of rotatable bonds is 3. The van der Waals surface area contributed by atoms with Gasteiger partial charge in [-0.25, -0.2) is 0 Å². The third-order valence-electron chi connectivity index (χ3n) is 1.85. The molecule has 3 N–H and O–H groups in total. The lowest BCUT2D eigenvalue weighted by Crippen LogP contribution is -2.06. The molecule has 4 heteroatoms. The van der Waals surface area contributed by atoms with E-state index >= 15 is 0 Å². The minimum atomic E-state index is -0.366. The maximum absolute atomic E-state index is 9.45. The molecule has 3 nitrogen and oxygen atoms in total. The molecule has 0 aromatic heterocycles. The van der Waals surface area contributed by atoms with E-state index in [2.05, 4.69) is 6.58 Å². The molecule has 14 heavy (non-hydrogen) atoms. The highest BCUT2D eigenvalue weighted by Crippen LogP contribution is 2.27. The number of phenolic OH excluding ortho intramolecular Hbond substituents is 1. The number of phenols is 1. The predicted molar refractivity (Wildman–Crippen MR) is 59.0 cm³/mol. The number of aromatic hydroxyl groups is 1. The molecule has 0 unspecified atom stereocenters. The fourth-order valence-corrected chi connectivity index (χ4v) is 1.05. The van der Waals surface area contributed by atoms with Crippen molar-refractivity contribution in [2.75, 3.05) is 7.11 Å². The van der Waals surface area contributed by atoms with Gasteiger partial charge in [0.1, 0.15) is 11.5 Å². The fourth-order valence-electron chi connectivity index (χ4n) is 1.05. The van der Waals surface area contributed by atoms with E-state index in [1.54, 1.807) is 31.4 Å². The molecule has 1 aromatic carbocycles. The van der Waals surface area contributed by atoms with Gasteiger partial charge >= 0.3 is 0 Å². The Morgan fingerprint density at radius 3 is 2.71 bits per heavy atom. The van der Waals surface area contributed by atoms with E-state index in [0.29, 0.717) is 11.3 Å². The van der Waals surface area contributed by atoms with Crippen molar-refractivity contribution in [1.29, 1.82) is 0 Å². The van der Waals surface area contributed by atoms with Gasteiger partial charge in [-0.2, -0.15) is 0 Å². The van der Waals surface area contributed by atoms with Crippen LogP contribution in [0, 0.1) is 0 Å². The number of hydrogen-bond donors (Lipinski definition) is 2. The summed E-state index contributed by atoms with van der Waals surface area (Å²) < 4.78 is 5.00. The first-order chi connectivity index (χ1) is 6.19. The molecule has 1 atom stereocenters. The summed E-state index contributed by atoms with van der Waals surface area (Å²) in [5.74, 6) is 0.832. The van der Waals surface area contributed by atoms with Crippen molar-refractivity contribution >= 4 is 12.4 Å². The highest BCUT2D eigenvalue weighted by molar-refractivity contribution is 5.85. The lowest BCUT2D eigenvalue weighted by molar-refractivity contribution is 0.410. The zero-order valence-corrected chi connectivity index (χ0v) is 8.75. The SMILES string of the molecule is C=C[C@H](N)c1cc(OC)ccc1O.Cl. The third kappa shape index (κ3) is 2.65. The van der Waals surface area contributed by atoms with Crippen molar-refractivity contribution in [2.24, 2.45) is 5.73 Å². The van der Waals surface area contributed by atoms with Crippen LogP contribution in [-0.4, -0.2) is 12.2 Å². The molecule has 1 aromatic rings. The van der Waals surface area contributed by atoms with Gasteiger partial charge in [-0.15, -0.1) is 19.0 Å². The second-order valence-electron chi connectivity index (χ2n) is 2.69. The normalized spacial score (nSPS) is 11.3. The van der Waals surface area contributed by atoms with E-state index in [-0.39, 0.29) is 24.2 Å². The molecule has 78 valence electrons. The average molecular weight is 216 g/mol. The second-order valence-corrected chi connectivity index (χ2v) is 2.69. The molecular weight excluding hydrogens is 202 g/mol. The Morgan fingerprint density at radius 1 is 1.57 bits per heavy atom. The van der Waals surface area contributed by atoms with Crippen LogP contribution in [0.5, 0.6) is 11.5 Å².